The highest BCUT2D eigenvalue weighted by atomic mass is 16.5. The highest BCUT2D eigenvalue weighted by Gasteiger charge is 2.04. The molecule has 0 heterocycles. The summed E-state index contributed by atoms with van der Waals surface area (Å²) in [7, 11) is 3.09. The molecule has 0 amide bonds. The van der Waals surface area contributed by atoms with Crippen LogP contribution < -0.4 is 9.47 Å². The Bertz CT molecular complexity index is 515. The van der Waals surface area contributed by atoms with E-state index in [1.54, 1.807) is 38.5 Å². The first-order chi connectivity index (χ1) is 9.10. The van der Waals surface area contributed by atoms with Crippen molar-refractivity contribution in [1.82, 2.24) is 0 Å². The van der Waals surface area contributed by atoms with Crippen LogP contribution in [0.25, 0.3) is 6.08 Å². The summed E-state index contributed by atoms with van der Waals surface area (Å²) in [5.74, 6) is 0.647. The van der Waals surface area contributed by atoms with Crippen LogP contribution in [0.5, 0.6) is 11.5 Å². The fourth-order valence-electron chi connectivity index (χ4n) is 1.45. The molecule has 0 aliphatic carbocycles. The Morgan fingerprint density at radius 3 is 2.42 bits per heavy atom. The van der Waals surface area contributed by atoms with Gasteiger partial charge in [0.2, 0.25) is 0 Å². The highest BCUT2D eigenvalue weighted by molar-refractivity contribution is 6.09. The maximum atomic E-state index is 11.5. The lowest BCUT2D eigenvalue weighted by molar-refractivity contribution is -0.121. The molecule has 0 aliphatic heterocycles. The Morgan fingerprint density at radius 2 is 1.84 bits per heavy atom. The molecule has 0 radical (unpaired) electrons. The lowest BCUT2D eigenvalue weighted by Gasteiger charge is -2.07. The topological polar surface area (TPSA) is 52.6 Å². The van der Waals surface area contributed by atoms with Crippen LogP contribution >= 0.6 is 0 Å². The second-order valence-electron chi connectivity index (χ2n) is 3.76. The summed E-state index contributed by atoms with van der Waals surface area (Å²) in [6.45, 7) is 3.32. The summed E-state index contributed by atoms with van der Waals surface area (Å²) in [5.41, 5.74) is 0.789. The maximum absolute atomic E-state index is 11.5. The molecule has 0 bridgehead atoms. The van der Waals surface area contributed by atoms with E-state index in [2.05, 4.69) is 6.58 Å². The molecular weight excluding hydrogens is 244 g/mol. The molecule has 0 saturated carbocycles. The number of allylic oxidation sites excluding steroid dienone is 2. The Labute approximate surface area is 112 Å². The van der Waals surface area contributed by atoms with Gasteiger partial charge < -0.3 is 9.47 Å². The highest BCUT2D eigenvalue weighted by Crippen LogP contribution is 2.27. The van der Waals surface area contributed by atoms with Crippen LogP contribution in [0.15, 0.2) is 36.9 Å². The zero-order valence-electron chi connectivity index (χ0n) is 11.0. The van der Waals surface area contributed by atoms with Crippen molar-refractivity contribution in [2.75, 3.05) is 14.2 Å². The molecule has 1 rings (SSSR count). The van der Waals surface area contributed by atoms with Crippen molar-refractivity contribution < 1.29 is 19.1 Å². The molecule has 0 spiro atoms. The number of methoxy groups -OCH3 is 2. The normalized spacial score (nSPS) is 10.2. The third kappa shape index (κ3) is 4.43. The minimum Gasteiger partial charge on any atom is -0.493 e. The quantitative estimate of drug-likeness (QED) is 0.558. The number of hydrogen-bond donors (Lipinski definition) is 0. The van der Waals surface area contributed by atoms with Gasteiger partial charge in [-0.15, -0.1) is 0 Å². The van der Waals surface area contributed by atoms with Gasteiger partial charge in [-0.2, -0.15) is 0 Å². The summed E-state index contributed by atoms with van der Waals surface area (Å²) in [6.07, 6.45) is 3.97. The molecule has 1 aromatic carbocycles. The summed E-state index contributed by atoms with van der Waals surface area (Å²) in [6, 6.07) is 5.29. The van der Waals surface area contributed by atoms with E-state index in [1.165, 1.54) is 6.08 Å². The maximum Gasteiger partial charge on any atom is 0.163 e. The minimum atomic E-state index is -0.290. The van der Waals surface area contributed by atoms with Crippen LogP contribution in [0, 0.1) is 0 Å². The van der Waals surface area contributed by atoms with E-state index >= 15 is 0 Å². The lowest BCUT2D eigenvalue weighted by Crippen LogP contribution is -2.01. The Balaban J connectivity index is 2.79. The SMILES string of the molecule is C=CC(=O)CC(=O)/C=C/c1ccc(OC)c(OC)c1. The zero-order valence-corrected chi connectivity index (χ0v) is 11.0. The fourth-order valence-corrected chi connectivity index (χ4v) is 1.45. The number of benzene rings is 1. The molecule has 19 heavy (non-hydrogen) atoms. The lowest BCUT2D eigenvalue weighted by atomic mass is 10.1. The average Bonchev–Trinajstić information content (AvgIpc) is 2.44. The third-order valence-corrected chi connectivity index (χ3v) is 2.45. The Morgan fingerprint density at radius 1 is 1.16 bits per heavy atom. The minimum absolute atomic E-state index is 0.159. The average molecular weight is 260 g/mol. The fraction of sp³-hybridized carbons (Fsp3) is 0.200. The van der Waals surface area contributed by atoms with E-state index in [9.17, 15) is 9.59 Å². The first kappa shape index (κ1) is 14.7. The molecule has 0 atom stereocenters. The van der Waals surface area contributed by atoms with E-state index in [-0.39, 0.29) is 18.0 Å². The molecule has 0 aliphatic rings. The van der Waals surface area contributed by atoms with Crippen LogP contribution in [-0.4, -0.2) is 25.8 Å². The molecule has 0 N–H and O–H groups in total. The largest absolute Gasteiger partial charge is 0.493 e. The van der Waals surface area contributed by atoms with E-state index in [0.29, 0.717) is 11.5 Å². The van der Waals surface area contributed by atoms with Crippen molar-refractivity contribution in [1.29, 1.82) is 0 Å². The molecule has 0 aromatic heterocycles. The van der Waals surface area contributed by atoms with Gasteiger partial charge in [0.25, 0.3) is 0 Å². The van der Waals surface area contributed by atoms with E-state index in [4.69, 9.17) is 9.47 Å². The summed E-state index contributed by atoms with van der Waals surface area (Å²) in [5, 5.41) is 0. The zero-order chi connectivity index (χ0) is 14.3. The van der Waals surface area contributed by atoms with Crippen LogP contribution in [0.1, 0.15) is 12.0 Å². The summed E-state index contributed by atoms with van der Waals surface area (Å²) < 4.78 is 10.3. The third-order valence-electron chi connectivity index (χ3n) is 2.45. The molecule has 4 heteroatoms. The van der Waals surface area contributed by atoms with Crippen molar-refractivity contribution in [3.8, 4) is 11.5 Å². The van der Waals surface area contributed by atoms with Crippen LogP contribution in [-0.2, 0) is 9.59 Å². The summed E-state index contributed by atoms with van der Waals surface area (Å²) >= 11 is 0. The van der Waals surface area contributed by atoms with Crippen LogP contribution in [0.2, 0.25) is 0 Å². The van der Waals surface area contributed by atoms with E-state index in [1.807, 2.05) is 0 Å². The predicted molar refractivity (Wildman–Crippen MR) is 73.4 cm³/mol. The van der Waals surface area contributed by atoms with Gasteiger partial charge in [0.15, 0.2) is 23.1 Å². The van der Waals surface area contributed by atoms with Gasteiger partial charge in [0, 0.05) is 0 Å². The van der Waals surface area contributed by atoms with Gasteiger partial charge in [-0.05, 0) is 29.8 Å². The van der Waals surface area contributed by atoms with E-state index < -0.39 is 0 Å². The van der Waals surface area contributed by atoms with Crippen molar-refractivity contribution >= 4 is 17.6 Å². The molecule has 0 fully saturated rings. The second-order valence-corrected chi connectivity index (χ2v) is 3.76. The molecule has 0 unspecified atom stereocenters. The number of carbonyl (C=O) groups is 2. The van der Waals surface area contributed by atoms with Crippen molar-refractivity contribution in [3.05, 3.63) is 42.5 Å². The van der Waals surface area contributed by atoms with Crippen molar-refractivity contribution in [3.63, 3.8) is 0 Å². The predicted octanol–water partition coefficient (Wildman–Crippen LogP) is 2.43. The smallest absolute Gasteiger partial charge is 0.163 e. The first-order valence-electron chi connectivity index (χ1n) is 5.69. The molecular formula is C15H16O4. The van der Waals surface area contributed by atoms with Gasteiger partial charge in [0.05, 0.1) is 20.6 Å². The van der Waals surface area contributed by atoms with Crippen LogP contribution in [0.3, 0.4) is 0 Å². The number of carbonyl (C=O) groups excluding carboxylic acids is 2. The van der Waals surface area contributed by atoms with Gasteiger partial charge in [0.1, 0.15) is 0 Å². The van der Waals surface area contributed by atoms with Gasteiger partial charge >= 0.3 is 0 Å². The summed E-state index contributed by atoms with van der Waals surface area (Å²) in [4.78, 5) is 22.5. The first-order valence-corrected chi connectivity index (χ1v) is 5.69. The molecule has 4 nitrogen and oxygen atoms in total. The van der Waals surface area contributed by atoms with Gasteiger partial charge in [-0.1, -0.05) is 18.7 Å². The van der Waals surface area contributed by atoms with Gasteiger partial charge in [-0.3, -0.25) is 9.59 Å². The van der Waals surface area contributed by atoms with Crippen molar-refractivity contribution in [2.24, 2.45) is 0 Å². The van der Waals surface area contributed by atoms with Crippen molar-refractivity contribution in [2.45, 2.75) is 6.42 Å². The standard InChI is InChI=1S/C15H16O4/c1-4-12(16)10-13(17)7-5-11-6-8-14(18-2)15(9-11)19-3/h4-9H,1,10H2,2-3H3/b7-5+. The number of hydrogen-bond acceptors (Lipinski definition) is 4. The number of ketones is 2. The number of ether oxygens (including phenoxy) is 2. The molecule has 100 valence electrons. The van der Waals surface area contributed by atoms with E-state index in [0.717, 1.165) is 11.6 Å². The molecule has 0 saturated heterocycles. The van der Waals surface area contributed by atoms with Gasteiger partial charge in [-0.25, -0.2) is 0 Å². The molecule has 1 aromatic rings. The Kier molecular flexibility index (Phi) is 5.54. The monoisotopic (exact) mass is 260 g/mol. The second kappa shape index (κ2) is 7.16. The number of rotatable bonds is 7. The van der Waals surface area contributed by atoms with Crippen LogP contribution in [0.4, 0.5) is 0 Å². The Hall–Kier alpha value is -2.36.